The second-order valence-electron chi connectivity index (χ2n) is 6.22. The van der Waals surface area contributed by atoms with Gasteiger partial charge in [0.05, 0.1) is 6.54 Å². The molecule has 0 spiro atoms. The summed E-state index contributed by atoms with van der Waals surface area (Å²) >= 11 is 0. The molecule has 0 aliphatic carbocycles. The lowest BCUT2D eigenvalue weighted by Crippen LogP contribution is -2.51. The van der Waals surface area contributed by atoms with Crippen LogP contribution in [-0.4, -0.2) is 54.9 Å². The molecule has 2 saturated heterocycles. The number of aliphatic hydroxyl groups is 1. The lowest BCUT2D eigenvalue weighted by molar-refractivity contribution is -0.0678. The van der Waals surface area contributed by atoms with E-state index in [9.17, 15) is 14.7 Å². The fourth-order valence-electron chi connectivity index (χ4n) is 3.36. The molecular formula is C17H23N3O4. The van der Waals surface area contributed by atoms with Crippen LogP contribution < -0.4 is 10.6 Å². The zero-order chi connectivity index (χ0) is 17.0. The van der Waals surface area contributed by atoms with E-state index >= 15 is 0 Å². The highest BCUT2D eigenvalue weighted by Gasteiger charge is 2.40. The van der Waals surface area contributed by atoms with Crippen molar-refractivity contribution in [2.24, 2.45) is 5.92 Å². The number of nitrogens with one attached hydrogen (secondary N) is 2. The minimum Gasteiger partial charge on any atom is -0.383 e. The van der Waals surface area contributed by atoms with Gasteiger partial charge in [0.25, 0.3) is 0 Å². The van der Waals surface area contributed by atoms with Crippen molar-refractivity contribution >= 4 is 12.1 Å². The predicted molar refractivity (Wildman–Crippen MR) is 87.4 cm³/mol. The van der Waals surface area contributed by atoms with Crippen molar-refractivity contribution in [2.45, 2.75) is 18.4 Å². The third-order valence-corrected chi connectivity index (χ3v) is 4.78. The molecule has 7 nitrogen and oxygen atoms in total. The summed E-state index contributed by atoms with van der Waals surface area (Å²) in [6.45, 7) is 2.05. The minimum atomic E-state index is -1.18. The lowest BCUT2D eigenvalue weighted by atomic mass is 9.77. The zero-order valence-corrected chi connectivity index (χ0v) is 13.5. The number of rotatable bonds is 4. The highest BCUT2D eigenvalue weighted by atomic mass is 16.5. The third-order valence-electron chi connectivity index (χ3n) is 4.78. The molecular weight excluding hydrogens is 310 g/mol. The van der Waals surface area contributed by atoms with Gasteiger partial charge in [0.1, 0.15) is 5.60 Å². The molecule has 0 saturated carbocycles. The molecule has 3 rings (SSSR count). The lowest BCUT2D eigenvalue weighted by Gasteiger charge is -2.39. The second kappa shape index (κ2) is 7.19. The Bertz CT molecular complexity index is 589. The van der Waals surface area contributed by atoms with Gasteiger partial charge in [-0.2, -0.15) is 0 Å². The summed E-state index contributed by atoms with van der Waals surface area (Å²) in [6.07, 6.45) is 1.46. The van der Waals surface area contributed by atoms with Gasteiger partial charge in [0.2, 0.25) is 0 Å². The van der Waals surface area contributed by atoms with Crippen LogP contribution in [0.15, 0.2) is 30.3 Å². The molecule has 2 aliphatic heterocycles. The molecule has 2 fully saturated rings. The molecule has 7 heteroatoms. The summed E-state index contributed by atoms with van der Waals surface area (Å²) in [4.78, 5) is 24.9. The average Bonchev–Trinajstić information content (AvgIpc) is 3.07. The maximum Gasteiger partial charge on any atom is 0.325 e. The quantitative estimate of drug-likeness (QED) is 0.768. The number of ether oxygens (including phenoxy) is 1. The Morgan fingerprint density at radius 2 is 2.04 bits per heavy atom. The SMILES string of the molecule is O=C1NCCN1C(=O)NC[C@@](O)(c1ccccc1)C1CCOCC1. The molecule has 1 aromatic carbocycles. The van der Waals surface area contributed by atoms with Gasteiger partial charge in [-0.3, -0.25) is 0 Å². The summed E-state index contributed by atoms with van der Waals surface area (Å²) in [5, 5.41) is 16.7. The van der Waals surface area contributed by atoms with Crippen molar-refractivity contribution in [2.75, 3.05) is 32.8 Å². The first-order valence-corrected chi connectivity index (χ1v) is 8.30. The van der Waals surface area contributed by atoms with Crippen LogP contribution in [0.25, 0.3) is 0 Å². The summed E-state index contributed by atoms with van der Waals surface area (Å²) in [6, 6.07) is 8.48. The number of amides is 4. The molecule has 0 bridgehead atoms. The van der Waals surface area contributed by atoms with Crippen LogP contribution in [0.3, 0.4) is 0 Å². The van der Waals surface area contributed by atoms with Crippen LogP contribution >= 0.6 is 0 Å². The standard InChI is InChI=1S/C17H23N3O4/c21-15-18-8-9-20(15)16(22)19-12-17(23,13-4-2-1-3-5-13)14-6-10-24-11-7-14/h1-5,14,23H,6-12H2,(H,18,21)(H,19,22)/t17-/m1/s1. The molecule has 0 radical (unpaired) electrons. The van der Waals surface area contributed by atoms with Crippen molar-refractivity contribution in [1.29, 1.82) is 0 Å². The fraction of sp³-hybridized carbons (Fsp3) is 0.529. The van der Waals surface area contributed by atoms with Crippen molar-refractivity contribution in [3.05, 3.63) is 35.9 Å². The van der Waals surface area contributed by atoms with Gasteiger partial charge in [-0.15, -0.1) is 0 Å². The fourth-order valence-corrected chi connectivity index (χ4v) is 3.36. The van der Waals surface area contributed by atoms with Gasteiger partial charge in [-0.1, -0.05) is 30.3 Å². The molecule has 4 amide bonds. The van der Waals surface area contributed by atoms with E-state index in [1.807, 2.05) is 30.3 Å². The first-order valence-electron chi connectivity index (χ1n) is 8.30. The maximum absolute atomic E-state index is 12.2. The molecule has 1 aromatic rings. The van der Waals surface area contributed by atoms with Crippen molar-refractivity contribution in [3.63, 3.8) is 0 Å². The number of benzene rings is 1. The first kappa shape index (κ1) is 16.7. The van der Waals surface area contributed by atoms with Gasteiger partial charge >= 0.3 is 12.1 Å². The van der Waals surface area contributed by atoms with Gasteiger partial charge in [-0.05, 0) is 24.3 Å². The third kappa shape index (κ3) is 3.37. The molecule has 0 unspecified atom stereocenters. The van der Waals surface area contributed by atoms with Crippen LogP contribution in [0, 0.1) is 5.92 Å². The van der Waals surface area contributed by atoms with E-state index < -0.39 is 17.7 Å². The van der Waals surface area contributed by atoms with E-state index in [4.69, 9.17) is 4.74 Å². The number of nitrogens with zero attached hydrogens (tertiary/aromatic N) is 1. The Hall–Kier alpha value is -2.12. The second-order valence-corrected chi connectivity index (χ2v) is 6.22. The van der Waals surface area contributed by atoms with E-state index in [2.05, 4.69) is 10.6 Å². The highest BCUT2D eigenvalue weighted by Crippen LogP contribution is 2.35. The van der Waals surface area contributed by atoms with Crippen LogP contribution in [0.5, 0.6) is 0 Å². The van der Waals surface area contributed by atoms with Gasteiger partial charge in [0, 0.05) is 26.3 Å². The molecule has 2 heterocycles. The van der Waals surface area contributed by atoms with Crippen molar-refractivity contribution in [1.82, 2.24) is 15.5 Å². The van der Waals surface area contributed by atoms with Crippen LogP contribution in [0.4, 0.5) is 9.59 Å². The van der Waals surface area contributed by atoms with Crippen LogP contribution in [0.1, 0.15) is 18.4 Å². The average molecular weight is 333 g/mol. The van der Waals surface area contributed by atoms with Crippen molar-refractivity contribution in [3.8, 4) is 0 Å². The van der Waals surface area contributed by atoms with E-state index in [0.29, 0.717) is 26.3 Å². The summed E-state index contributed by atoms with van der Waals surface area (Å²) in [5.41, 5.74) is -0.417. The topological polar surface area (TPSA) is 90.9 Å². The highest BCUT2D eigenvalue weighted by molar-refractivity contribution is 5.94. The first-order chi connectivity index (χ1) is 11.6. The van der Waals surface area contributed by atoms with Crippen molar-refractivity contribution < 1.29 is 19.4 Å². The molecule has 0 aromatic heterocycles. The Morgan fingerprint density at radius 1 is 1.33 bits per heavy atom. The Kier molecular flexibility index (Phi) is 5.01. The molecule has 3 N–H and O–H groups in total. The Balaban J connectivity index is 1.75. The molecule has 130 valence electrons. The predicted octanol–water partition coefficient (Wildman–Crippen LogP) is 1.04. The van der Waals surface area contributed by atoms with E-state index in [1.54, 1.807) is 0 Å². The largest absolute Gasteiger partial charge is 0.383 e. The Labute approximate surface area is 141 Å². The van der Waals surface area contributed by atoms with Gasteiger partial charge in [0.15, 0.2) is 0 Å². The summed E-state index contributed by atoms with van der Waals surface area (Å²) in [5.74, 6) is -0.0126. The van der Waals surface area contributed by atoms with E-state index in [1.165, 1.54) is 0 Å². The maximum atomic E-state index is 12.2. The smallest absolute Gasteiger partial charge is 0.325 e. The monoisotopic (exact) mass is 333 g/mol. The molecule has 2 aliphatic rings. The summed E-state index contributed by atoms with van der Waals surface area (Å²) < 4.78 is 5.39. The zero-order valence-electron chi connectivity index (χ0n) is 13.5. The summed E-state index contributed by atoms with van der Waals surface area (Å²) in [7, 11) is 0. The number of urea groups is 2. The van der Waals surface area contributed by atoms with Crippen LogP contribution in [0.2, 0.25) is 0 Å². The number of carbonyl (C=O) groups excluding carboxylic acids is 2. The van der Waals surface area contributed by atoms with Crippen LogP contribution in [-0.2, 0) is 10.3 Å². The Morgan fingerprint density at radius 3 is 2.67 bits per heavy atom. The molecule has 24 heavy (non-hydrogen) atoms. The van der Waals surface area contributed by atoms with Gasteiger partial charge < -0.3 is 20.5 Å². The number of hydrogen-bond acceptors (Lipinski definition) is 4. The van der Waals surface area contributed by atoms with E-state index in [0.717, 1.165) is 23.3 Å². The minimum absolute atomic E-state index is 0.0126. The normalized spacial score (nSPS) is 21.2. The molecule has 1 atom stereocenters. The van der Waals surface area contributed by atoms with E-state index in [-0.39, 0.29) is 12.5 Å². The number of imide groups is 1. The number of carbonyl (C=O) groups is 2. The number of hydrogen-bond donors (Lipinski definition) is 3. The van der Waals surface area contributed by atoms with Gasteiger partial charge in [-0.25, -0.2) is 14.5 Å².